The summed E-state index contributed by atoms with van der Waals surface area (Å²) in [5.41, 5.74) is 5.77. The number of nitrogens with zero attached hydrogens (tertiary/aromatic N) is 3. The van der Waals surface area contributed by atoms with Gasteiger partial charge in [0.2, 0.25) is 0 Å². The van der Waals surface area contributed by atoms with E-state index >= 15 is 0 Å². The number of aromatic nitrogens is 1. The monoisotopic (exact) mass is 242 g/mol. The van der Waals surface area contributed by atoms with E-state index in [-0.39, 0.29) is 6.04 Å². The van der Waals surface area contributed by atoms with Crippen LogP contribution >= 0.6 is 22.9 Å². The Morgan fingerprint density at radius 3 is 3.20 bits per heavy atom. The fourth-order valence-electron chi connectivity index (χ4n) is 1.52. The molecule has 0 amide bonds. The van der Waals surface area contributed by atoms with Crippen LogP contribution in [-0.2, 0) is 0 Å². The fourth-order valence-corrected chi connectivity index (χ4v) is 2.56. The summed E-state index contributed by atoms with van der Waals surface area (Å²) in [5, 5.41) is 0.950. The molecule has 0 saturated heterocycles. The van der Waals surface area contributed by atoms with Gasteiger partial charge in [-0.05, 0) is 0 Å². The zero-order chi connectivity index (χ0) is 10.8. The molecule has 0 radical (unpaired) electrons. The zero-order valence-corrected chi connectivity index (χ0v) is 9.63. The molecule has 1 aromatic rings. The molecule has 6 heteroatoms. The van der Waals surface area contributed by atoms with Crippen LogP contribution in [0, 0.1) is 0 Å². The number of halogens is 1. The molecule has 15 heavy (non-hydrogen) atoms. The van der Waals surface area contributed by atoms with Gasteiger partial charge in [-0.3, -0.25) is 4.99 Å². The van der Waals surface area contributed by atoms with Gasteiger partial charge in [0, 0.05) is 6.54 Å². The Hall–Kier alpha value is -1.07. The minimum absolute atomic E-state index is 0.112. The Balaban J connectivity index is 2.20. The molecule has 0 aromatic carbocycles. The van der Waals surface area contributed by atoms with Gasteiger partial charge in [0.25, 0.3) is 0 Å². The molecule has 2 heterocycles. The number of aliphatic imine (C=N–C) groups is 1. The molecule has 2 rings (SSSR count). The molecule has 80 valence electrons. The lowest BCUT2D eigenvalue weighted by Gasteiger charge is -2.22. The van der Waals surface area contributed by atoms with E-state index < -0.39 is 0 Å². The summed E-state index contributed by atoms with van der Waals surface area (Å²) >= 11 is 7.31. The van der Waals surface area contributed by atoms with E-state index in [1.165, 1.54) is 11.3 Å². The number of guanidine groups is 1. The number of nitrogens with two attached hydrogens (primary N) is 1. The maximum atomic E-state index is 5.85. The maximum Gasteiger partial charge on any atom is 0.192 e. The maximum absolute atomic E-state index is 5.85. The topological polar surface area (TPSA) is 54.5 Å². The van der Waals surface area contributed by atoms with E-state index in [1.807, 2.05) is 4.90 Å². The largest absolute Gasteiger partial charge is 0.370 e. The van der Waals surface area contributed by atoms with Gasteiger partial charge >= 0.3 is 0 Å². The van der Waals surface area contributed by atoms with Crippen molar-refractivity contribution in [1.29, 1.82) is 0 Å². The van der Waals surface area contributed by atoms with E-state index in [2.05, 4.69) is 16.6 Å². The standard InChI is InChI=1S/C9H11ClN4S/c1-2-3-14-6(4-13-9(14)11)8-12-5-7(10)15-8/h2,5-6H,1,3-4H2,(H2,11,13). The lowest BCUT2D eigenvalue weighted by molar-refractivity contribution is 0.379. The molecule has 1 aliphatic heterocycles. The molecule has 0 aliphatic carbocycles. The van der Waals surface area contributed by atoms with Gasteiger partial charge in [-0.1, -0.05) is 17.7 Å². The van der Waals surface area contributed by atoms with Crippen molar-refractivity contribution < 1.29 is 0 Å². The Morgan fingerprint density at radius 1 is 1.80 bits per heavy atom. The summed E-state index contributed by atoms with van der Waals surface area (Å²) in [4.78, 5) is 10.4. The number of rotatable bonds is 3. The van der Waals surface area contributed by atoms with Crippen LogP contribution in [0.4, 0.5) is 0 Å². The second-order valence-electron chi connectivity index (χ2n) is 3.16. The minimum atomic E-state index is 0.112. The third-order valence-corrected chi connectivity index (χ3v) is 3.42. The molecular weight excluding hydrogens is 232 g/mol. The Kier molecular flexibility index (Phi) is 2.93. The SMILES string of the molecule is C=CCN1C(N)=NCC1c1ncc(Cl)s1. The first kappa shape index (κ1) is 10.4. The molecule has 4 nitrogen and oxygen atoms in total. The highest BCUT2D eigenvalue weighted by Gasteiger charge is 2.28. The third-order valence-electron chi connectivity index (χ3n) is 2.20. The average molecular weight is 243 g/mol. The van der Waals surface area contributed by atoms with Crippen LogP contribution in [0.25, 0.3) is 0 Å². The lowest BCUT2D eigenvalue weighted by Crippen LogP contribution is -2.36. The highest BCUT2D eigenvalue weighted by atomic mass is 35.5. The molecule has 1 atom stereocenters. The predicted octanol–water partition coefficient (Wildman–Crippen LogP) is 1.65. The van der Waals surface area contributed by atoms with E-state index in [4.69, 9.17) is 17.3 Å². The van der Waals surface area contributed by atoms with Crippen LogP contribution in [0.2, 0.25) is 4.34 Å². The third kappa shape index (κ3) is 1.98. The zero-order valence-electron chi connectivity index (χ0n) is 8.06. The van der Waals surface area contributed by atoms with E-state index in [0.29, 0.717) is 23.4 Å². The predicted molar refractivity (Wildman–Crippen MR) is 63.3 cm³/mol. The normalized spacial score (nSPS) is 20.5. The van der Waals surface area contributed by atoms with Crippen molar-refractivity contribution in [2.45, 2.75) is 6.04 Å². The van der Waals surface area contributed by atoms with Gasteiger partial charge in [-0.15, -0.1) is 17.9 Å². The van der Waals surface area contributed by atoms with E-state index in [0.717, 1.165) is 5.01 Å². The Labute approximate surface area is 97.1 Å². The fraction of sp³-hybridized carbons (Fsp3) is 0.333. The van der Waals surface area contributed by atoms with Crippen LogP contribution in [-0.4, -0.2) is 28.9 Å². The highest BCUT2D eigenvalue weighted by Crippen LogP contribution is 2.30. The first-order valence-electron chi connectivity index (χ1n) is 4.51. The summed E-state index contributed by atoms with van der Waals surface area (Å²) < 4.78 is 0.689. The smallest absolute Gasteiger partial charge is 0.192 e. The minimum Gasteiger partial charge on any atom is -0.370 e. The highest BCUT2D eigenvalue weighted by molar-refractivity contribution is 7.15. The van der Waals surface area contributed by atoms with Crippen LogP contribution in [0.15, 0.2) is 23.8 Å². The lowest BCUT2D eigenvalue weighted by atomic mass is 10.3. The van der Waals surface area contributed by atoms with E-state index in [1.54, 1.807) is 12.3 Å². The first-order chi connectivity index (χ1) is 7.22. The molecule has 0 bridgehead atoms. The Morgan fingerprint density at radius 2 is 2.60 bits per heavy atom. The molecule has 1 unspecified atom stereocenters. The van der Waals surface area contributed by atoms with Gasteiger partial charge in [-0.25, -0.2) is 4.98 Å². The van der Waals surface area contributed by atoms with Gasteiger partial charge in [0.1, 0.15) is 15.4 Å². The van der Waals surface area contributed by atoms with Crippen molar-refractivity contribution in [2.24, 2.45) is 10.7 Å². The van der Waals surface area contributed by atoms with Gasteiger partial charge in [-0.2, -0.15) is 0 Å². The van der Waals surface area contributed by atoms with Crippen LogP contribution < -0.4 is 5.73 Å². The van der Waals surface area contributed by atoms with Crippen molar-refractivity contribution in [3.63, 3.8) is 0 Å². The Bertz CT molecular complexity index is 401. The summed E-state index contributed by atoms with van der Waals surface area (Å²) in [7, 11) is 0. The molecule has 1 aliphatic rings. The first-order valence-corrected chi connectivity index (χ1v) is 5.70. The van der Waals surface area contributed by atoms with Crippen LogP contribution in [0.5, 0.6) is 0 Å². The van der Waals surface area contributed by atoms with Crippen molar-refractivity contribution in [3.05, 3.63) is 28.2 Å². The van der Waals surface area contributed by atoms with Crippen molar-refractivity contribution in [1.82, 2.24) is 9.88 Å². The summed E-state index contributed by atoms with van der Waals surface area (Å²) in [6.07, 6.45) is 3.46. The van der Waals surface area contributed by atoms with Gasteiger partial charge in [0.05, 0.1) is 12.7 Å². The summed E-state index contributed by atoms with van der Waals surface area (Å²) in [6.45, 7) is 5.02. The average Bonchev–Trinajstić information content (AvgIpc) is 2.76. The summed E-state index contributed by atoms with van der Waals surface area (Å²) in [6, 6.07) is 0.112. The van der Waals surface area contributed by atoms with Gasteiger partial charge in [0.15, 0.2) is 5.96 Å². The quantitative estimate of drug-likeness (QED) is 0.821. The number of hydrogen-bond acceptors (Lipinski definition) is 5. The second-order valence-corrected chi connectivity index (χ2v) is 4.85. The van der Waals surface area contributed by atoms with E-state index in [9.17, 15) is 0 Å². The van der Waals surface area contributed by atoms with Crippen LogP contribution in [0.3, 0.4) is 0 Å². The van der Waals surface area contributed by atoms with Crippen molar-refractivity contribution >= 4 is 28.9 Å². The van der Waals surface area contributed by atoms with Crippen molar-refractivity contribution in [2.75, 3.05) is 13.1 Å². The van der Waals surface area contributed by atoms with Gasteiger partial charge < -0.3 is 10.6 Å². The second kappa shape index (κ2) is 4.20. The number of thiazole rings is 1. The molecular formula is C9H11ClN4S. The molecule has 0 spiro atoms. The number of hydrogen-bond donors (Lipinski definition) is 1. The molecule has 0 saturated carbocycles. The summed E-state index contributed by atoms with van der Waals surface area (Å²) in [5.74, 6) is 0.547. The molecule has 0 fully saturated rings. The van der Waals surface area contributed by atoms with Crippen LogP contribution in [0.1, 0.15) is 11.0 Å². The van der Waals surface area contributed by atoms with Crippen molar-refractivity contribution in [3.8, 4) is 0 Å². The molecule has 2 N–H and O–H groups in total. The molecule has 1 aromatic heterocycles.